The Labute approximate surface area is 144 Å². The molecule has 0 amide bonds. The van der Waals surface area contributed by atoms with E-state index in [0.29, 0.717) is 12.6 Å². The first kappa shape index (κ1) is 17.8. The highest BCUT2D eigenvalue weighted by atomic mass is 16.5. The summed E-state index contributed by atoms with van der Waals surface area (Å²) in [6.07, 6.45) is 3.62. The summed E-state index contributed by atoms with van der Waals surface area (Å²) in [5.74, 6) is 0. The van der Waals surface area contributed by atoms with Crippen LogP contribution in [0.15, 0.2) is 18.5 Å². The van der Waals surface area contributed by atoms with Gasteiger partial charge in [-0.25, -0.2) is 0 Å². The van der Waals surface area contributed by atoms with Crippen molar-refractivity contribution in [2.75, 3.05) is 65.5 Å². The summed E-state index contributed by atoms with van der Waals surface area (Å²) in [5, 5.41) is 14.4. The minimum absolute atomic E-state index is 0.343. The van der Waals surface area contributed by atoms with Crippen LogP contribution in [-0.4, -0.2) is 107 Å². The molecule has 1 N–H and O–H groups in total. The first-order valence-corrected chi connectivity index (χ1v) is 9.17. The molecule has 2 fully saturated rings. The van der Waals surface area contributed by atoms with Gasteiger partial charge in [-0.3, -0.25) is 19.4 Å². The molecule has 136 valence electrons. The van der Waals surface area contributed by atoms with Gasteiger partial charge >= 0.3 is 0 Å². The Kier molecular flexibility index (Phi) is 6.62. The number of aliphatic hydroxyl groups is 1. The highest BCUT2D eigenvalue weighted by Crippen LogP contribution is 2.10. The summed E-state index contributed by atoms with van der Waals surface area (Å²) in [5.41, 5.74) is 0. The van der Waals surface area contributed by atoms with E-state index in [9.17, 15) is 5.11 Å². The Bertz CT molecular complexity index is 462. The van der Waals surface area contributed by atoms with Crippen molar-refractivity contribution in [3.05, 3.63) is 18.5 Å². The van der Waals surface area contributed by atoms with E-state index < -0.39 is 0 Å². The maximum absolute atomic E-state index is 10.2. The number of hydrogen-bond donors (Lipinski definition) is 1. The molecule has 2 aliphatic heterocycles. The molecular weight excluding hydrogens is 306 g/mol. The van der Waals surface area contributed by atoms with Gasteiger partial charge in [0.15, 0.2) is 0 Å². The molecule has 0 saturated carbocycles. The smallest absolute Gasteiger partial charge is 0.0862 e. The normalized spacial score (nSPS) is 25.8. The van der Waals surface area contributed by atoms with Crippen LogP contribution in [0.4, 0.5) is 0 Å². The third-order valence-corrected chi connectivity index (χ3v) is 5.02. The SMILES string of the molecule is CCN1CCOC(CN2CCN(CC(O)Cn3cccn3)CC2)C1. The number of ether oxygens (including phenoxy) is 1. The molecule has 2 aliphatic rings. The number of hydrogen-bond acceptors (Lipinski definition) is 6. The van der Waals surface area contributed by atoms with Crippen LogP contribution in [0.25, 0.3) is 0 Å². The first-order chi connectivity index (χ1) is 11.7. The summed E-state index contributed by atoms with van der Waals surface area (Å²) in [6, 6.07) is 1.89. The zero-order valence-electron chi connectivity index (χ0n) is 14.8. The minimum atomic E-state index is -0.365. The summed E-state index contributed by atoms with van der Waals surface area (Å²) in [4.78, 5) is 7.32. The van der Waals surface area contributed by atoms with Crippen molar-refractivity contribution in [1.82, 2.24) is 24.5 Å². The van der Waals surface area contributed by atoms with Crippen LogP contribution in [0.5, 0.6) is 0 Å². The van der Waals surface area contributed by atoms with Gasteiger partial charge in [0.1, 0.15) is 0 Å². The van der Waals surface area contributed by atoms with Crippen molar-refractivity contribution in [2.45, 2.75) is 25.7 Å². The Morgan fingerprint density at radius 3 is 2.62 bits per heavy atom. The molecule has 0 spiro atoms. The van der Waals surface area contributed by atoms with Crippen molar-refractivity contribution in [2.24, 2.45) is 0 Å². The summed E-state index contributed by atoms with van der Waals surface area (Å²) < 4.78 is 7.71. The lowest BCUT2D eigenvalue weighted by Gasteiger charge is -2.39. The molecule has 1 aromatic heterocycles. The number of aromatic nitrogens is 2. The molecule has 2 unspecified atom stereocenters. The fraction of sp³-hybridized carbons (Fsp3) is 0.824. The average Bonchev–Trinajstić information content (AvgIpc) is 3.09. The van der Waals surface area contributed by atoms with Gasteiger partial charge in [-0.05, 0) is 12.6 Å². The average molecular weight is 337 g/mol. The van der Waals surface area contributed by atoms with Crippen molar-refractivity contribution < 1.29 is 9.84 Å². The van der Waals surface area contributed by atoms with E-state index in [0.717, 1.165) is 65.5 Å². The van der Waals surface area contributed by atoms with E-state index in [-0.39, 0.29) is 6.10 Å². The lowest BCUT2D eigenvalue weighted by Crippen LogP contribution is -2.53. The predicted molar refractivity (Wildman–Crippen MR) is 93.0 cm³/mol. The third-order valence-electron chi connectivity index (χ3n) is 5.02. The van der Waals surface area contributed by atoms with Crippen LogP contribution in [0.1, 0.15) is 6.92 Å². The van der Waals surface area contributed by atoms with E-state index in [4.69, 9.17) is 4.74 Å². The maximum Gasteiger partial charge on any atom is 0.0862 e. The van der Waals surface area contributed by atoms with Crippen LogP contribution in [0.2, 0.25) is 0 Å². The van der Waals surface area contributed by atoms with Crippen LogP contribution < -0.4 is 0 Å². The van der Waals surface area contributed by atoms with E-state index in [1.807, 2.05) is 12.3 Å². The van der Waals surface area contributed by atoms with Gasteiger partial charge in [-0.2, -0.15) is 5.10 Å². The Balaban J connectivity index is 1.35. The number of β-amino-alcohol motifs (C(OH)–C–C–N with tert-alkyl or cyclic N) is 1. The van der Waals surface area contributed by atoms with Crippen molar-refractivity contribution in [3.8, 4) is 0 Å². The Morgan fingerprint density at radius 2 is 1.92 bits per heavy atom. The van der Waals surface area contributed by atoms with Crippen molar-refractivity contribution in [3.63, 3.8) is 0 Å². The lowest BCUT2D eigenvalue weighted by molar-refractivity contribution is -0.0481. The second-order valence-corrected chi connectivity index (χ2v) is 6.87. The fourth-order valence-corrected chi connectivity index (χ4v) is 3.60. The predicted octanol–water partition coefficient (Wildman–Crippen LogP) is -0.418. The Hall–Kier alpha value is -0.990. The first-order valence-electron chi connectivity index (χ1n) is 9.17. The molecule has 1 aromatic rings. The lowest BCUT2D eigenvalue weighted by atomic mass is 10.2. The Morgan fingerprint density at radius 1 is 1.12 bits per heavy atom. The highest BCUT2D eigenvalue weighted by molar-refractivity contribution is 4.81. The van der Waals surface area contributed by atoms with E-state index in [1.54, 1.807) is 10.9 Å². The molecule has 2 saturated heterocycles. The fourth-order valence-electron chi connectivity index (χ4n) is 3.60. The molecular formula is C17H31N5O2. The van der Waals surface area contributed by atoms with Crippen LogP contribution >= 0.6 is 0 Å². The number of morpholine rings is 1. The molecule has 0 aliphatic carbocycles. The number of aliphatic hydroxyl groups excluding tert-OH is 1. The number of nitrogens with zero attached hydrogens (tertiary/aromatic N) is 5. The van der Waals surface area contributed by atoms with Gasteiger partial charge in [0, 0.05) is 64.8 Å². The van der Waals surface area contributed by atoms with Gasteiger partial charge in [0.2, 0.25) is 0 Å². The van der Waals surface area contributed by atoms with Crippen LogP contribution in [0, 0.1) is 0 Å². The summed E-state index contributed by atoms with van der Waals surface area (Å²) >= 11 is 0. The van der Waals surface area contributed by atoms with Gasteiger partial charge < -0.3 is 9.84 Å². The van der Waals surface area contributed by atoms with E-state index in [2.05, 4.69) is 26.7 Å². The van der Waals surface area contributed by atoms with Gasteiger partial charge in [-0.15, -0.1) is 0 Å². The molecule has 24 heavy (non-hydrogen) atoms. The quantitative estimate of drug-likeness (QED) is 0.730. The molecule has 0 bridgehead atoms. The number of piperazine rings is 1. The summed E-state index contributed by atoms with van der Waals surface area (Å²) in [6.45, 7) is 12.8. The standard InChI is InChI=1S/C17H31N5O2/c1-2-19-10-11-24-17(14-19)15-21-8-6-20(7-9-21)12-16(23)13-22-5-3-4-18-22/h3-5,16-17,23H,2,6-15H2,1H3. The van der Waals surface area contributed by atoms with Gasteiger partial charge in [0.25, 0.3) is 0 Å². The zero-order valence-corrected chi connectivity index (χ0v) is 14.8. The molecule has 7 heteroatoms. The van der Waals surface area contributed by atoms with Crippen LogP contribution in [0.3, 0.4) is 0 Å². The minimum Gasteiger partial charge on any atom is -0.390 e. The van der Waals surface area contributed by atoms with E-state index >= 15 is 0 Å². The second-order valence-electron chi connectivity index (χ2n) is 6.87. The van der Waals surface area contributed by atoms with Crippen molar-refractivity contribution >= 4 is 0 Å². The number of rotatable bonds is 7. The van der Waals surface area contributed by atoms with Crippen molar-refractivity contribution in [1.29, 1.82) is 0 Å². The molecule has 3 heterocycles. The molecule has 7 nitrogen and oxygen atoms in total. The monoisotopic (exact) mass is 337 g/mol. The zero-order chi connectivity index (χ0) is 16.8. The second kappa shape index (κ2) is 8.92. The molecule has 3 rings (SSSR count). The molecule has 2 atom stereocenters. The summed E-state index contributed by atoms with van der Waals surface area (Å²) in [7, 11) is 0. The van der Waals surface area contributed by atoms with Crippen LogP contribution in [-0.2, 0) is 11.3 Å². The molecule has 0 radical (unpaired) electrons. The highest BCUT2D eigenvalue weighted by Gasteiger charge is 2.25. The molecule has 0 aromatic carbocycles. The van der Waals surface area contributed by atoms with Gasteiger partial charge in [-0.1, -0.05) is 6.92 Å². The largest absolute Gasteiger partial charge is 0.390 e. The van der Waals surface area contributed by atoms with Gasteiger partial charge in [0.05, 0.1) is 25.4 Å². The van der Waals surface area contributed by atoms with E-state index in [1.165, 1.54) is 0 Å². The third kappa shape index (κ3) is 5.26. The number of likely N-dealkylation sites (N-methyl/N-ethyl adjacent to an activating group) is 1. The maximum atomic E-state index is 10.2. The topological polar surface area (TPSA) is 57.0 Å².